The first-order chi connectivity index (χ1) is 9.89. The van der Waals surface area contributed by atoms with Crippen LogP contribution in [-0.4, -0.2) is 41.0 Å². The lowest BCUT2D eigenvalue weighted by atomic mass is 10.1. The predicted molar refractivity (Wildman–Crippen MR) is 86.8 cm³/mol. The first-order valence-electron chi connectivity index (χ1n) is 6.97. The van der Waals surface area contributed by atoms with E-state index in [0.29, 0.717) is 23.0 Å². The van der Waals surface area contributed by atoms with E-state index in [4.69, 9.17) is 16.3 Å². The van der Waals surface area contributed by atoms with Gasteiger partial charge in [-0.2, -0.15) is 0 Å². The zero-order valence-electron chi connectivity index (χ0n) is 12.3. The molecular formula is C14H21ClN2O3S. The van der Waals surface area contributed by atoms with Gasteiger partial charge in [-0.3, -0.25) is 4.72 Å². The maximum atomic E-state index is 12.3. The van der Waals surface area contributed by atoms with Gasteiger partial charge in [0.05, 0.1) is 28.3 Å². The van der Waals surface area contributed by atoms with Crippen LogP contribution in [-0.2, 0) is 14.8 Å². The standard InChI is InChI=1S/C14H21ClN2O3S/c1-17(2)14-12(15)7-5-8-13(14)16-21(18,19)10-11-6-3-4-9-20-11/h5,7-8,11,16H,3-4,6,9-10H2,1-2H3. The zero-order valence-corrected chi connectivity index (χ0v) is 13.9. The van der Waals surface area contributed by atoms with Crippen LogP contribution in [0.15, 0.2) is 18.2 Å². The normalized spacial score (nSPS) is 19.3. The molecule has 1 N–H and O–H groups in total. The Labute approximate surface area is 131 Å². The third-order valence-corrected chi connectivity index (χ3v) is 5.03. The lowest BCUT2D eigenvalue weighted by molar-refractivity contribution is 0.0306. The van der Waals surface area contributed by atoms with Gasteiger partial charge >= 0.3 is 0 Å². The second kappa shape index (κ2) is 6.85. The molecule has 1 aromatic carbocycles. The summed E-state index contributed by atoms with van der Waals surface area (Å²) in [4.78, 5) is 1.79. The van der Waals surface area contributed by atoms with Crippen molar-refractivity contribution < 1.29 is 13.2 Å². The van der Waals surface area contributed by atoms with Crippen LogP contribution in [0.25, 0.3) is 0 Å². The molecule has 0 spiro atoms. The Kier molecular flexibility index (Phi) is 5.35. The molecule has 7 heteroatoms. The lowest BCUT2D eigenvalue weighted by Crippen LogP contribution is -2.31. The minimum Gasteiger partial charge on any atom is -0.377 e. The Hall–Kier alpha value is -0.980. The van der Waals surface area contributed by atoms with Gasteiger partial charge in [-0.25, -0.2) is 8.42 Å². The molecule has 1 aliphatic heterocycles. The van der Waals surface area contributed by atoms with Crippen molar-refractivity contribution in [3.8, 4) is 0 Å². The topological polar surface area (TPSA) is 58.6 Å². The van der Waals surface area contributed by atoms with Crippen LogP contribution in [0, 0.1) is 0 Å². The fourth-order valence-corrected chi connectivity index (χ4v) is 4.12. The van der Waals surface area contributed by atoms with Gasteiger partial charge in [0.25, 0.3) is 0 Å². The van der Waals surface area contributed by atoms with Crippen LogP contribution >= 0.6 is 11.6 Å². The summed E-state index contributed by atoms with van der Waals surface area (Å²) in [6.45, 7) is 0.639. The van der Waals surface area contributed by atoms with Gasteiger partial charge in [0.15, 0.2) is 0 Å². The molecule has 1 heterocycles. The molecule has 0 radical (unpaired) electrons. The highest BCUT2D eigenvalue weighted by Crippen LogP contribution is 2.33. The quantitative estimate of drug-likeness (QED) is 0.900. The number of hydrogen-bond donors (Lipinski definition) is 1. The van der Waals surface area contributed by atoms with E-state index >= 15 is 0 Å². The molecule has 0 aliphatic carbocycles. The largest absolute Gasteiger partial charge is 0.377 e. The number of benzene rings is 1. The minimum atomic E-state index is -3.47. The average molecular weight is 333 g/mol. The van der Waals surface area contributed by atoms with Crippen molar-refractivity contribution in [2.45, 2.75) is 25.4 Å². The van der Waals surface area contributed by atoms with Crippen molar-refractivity contribution in [1.29, 1.82) is 0 Å². The highest BCUT2D eigenvalue weighted by atomic mass is 35.5. The molecule has 0 amide bonds. The van der Waals surface area contributed by atoms with Crippen LogP contribution in [0.1, 0.15) is 19.3 Å². The zero-order chi connectivity index (χ0) is 15.5. The summed E-state index contributed by atoms with van der Waals surface area (Å²) >= 11 is 6.14. The number of rotatable bonds is 5. The second-order valence-electron chi connectivity index (χ2n) is 5.40. The number of halogens is 1. The number of nitrogens with one attached hydrogen (secondary N) is 1. The van der Waals surface area contributed by atoms with Gasteiger partial charge in [-0.05, 0) is 31.4 Å². The van der Waals surface area contributed by atoms with E-state index in [1.807, 2.05) is 14.1 Å². The van der Waals surface area contributed by atoms with E-state index < -0.39 is 10.0 Å². The van der Waals surface area contributed by atoms with Crippen LogP contribution in [0.5, 0.6) is 0 Å². The monoisotopic (exact) mass is 332 g/mol. The molecular weight excluding hydrogens is 312 g/mol. The SMILES string of the molecule is CN(C)c1c(Cl)cccc1NS(=O)(=O)CC1CCCCO1. The van der Waals surface area contributed by atoms with Gasteiger partial charge in [-0.1, -0.05) is 17.7 Å². The molecule has 118 valence electrons. The third kappa shape index (κ3) is 4.49. The molecule has 0 bridgehead atoms. The molecule has 1 atom stereocenters. The predicted octanol–water partition coefficient (Wildman–Crippen LogP) is 2.72. The maximum absolute atomic E-state index is 12.3. The second-order valence-corrected chi connectivity index (χ2v) is 7.58. The van der Waals surface area contributed by atoms with Crippen LogP contribution in [0.2, 0.25) is 5.02 Å². The highest BCUT2D eigenvalue weighted by molar-refractivity contribution is 7.92. The molecule has 0 saturated carbocycles. The summed E-state index contributed by atoms with van der Waals surface area (Å²) in [6.07, 6.45) is 2.58. The van der Waals surface area contributed by atoms with Crippen molar-refractivity contribution in [1.82, 2.24) is 0 Å². The highest BCUT2D eigenvalue weighted by Gasteiger charge is 2.23. The number of anilines is 2. The number of nitrogens with zero attached hydrogens (tertiary/aromatic N) is 1. The van der Waals surface area contributed by atoms with Crippen LogP contribution in [0.3, 0.4) is 0 Å². The maximum Gasteiger partial charge on any atom is 0.235 e. The van der Waals surface area contributed by atoms with E-state index in [2.05, 4.69) is 4.72 Å². The Balaban J connectivity index is 2.14. The van der Waals surface area contributed by atoms with Crippen LogP contribution < -0.4 is 9.62 Å². The van der Waals surface area contributed by atoms with E-state index in [9.17, 15) is 8.42 Å². The van der Waals surface area contributed by atoms with E-state index in [-0.39, 0.29) is 11.9 Å². The third-order valence-electron chi connectivity index (χ3n) is 3.38. The van der Waals surface area contributed by atoms with Crippen molar-refractivity contribution in [3.05, 3.63) is 23.2 Å². The molecule has 0 aromatic heterocycles. The average Bonchev–Trinajstić information content (AvgIpc) is 2.38. The molecule has 5 nitrogen and oxygen atoms in total. The van der Waals surface area contributed by atoms with Crippen molar-refractivity contribution in [2.24, 2.45) is 0 Å². The van der Waals surface area contributed by atoms with Gasteiger partial charge in [0.2, 0.25) is 10.0 Å². The van der Waals surface area contributed by atoms with Gasteiger partial charge in [-0.15, -0.1) is 0 Å². The minimum absolute atomic E-state index is 0.0214. The smallest absolute Gasteiger partial charge is 0.235 e. The lowest BCUT2D eigenvalue weighted by Gasteiger charge is -2.24. The fourth-order valence-electron chi connectivity index (χ4n) is 2.44. The molecule has 1 fully saturated rings. The Morgan fingerprint density at radius 1 is 1.38 bits per heavy atom. The summed E-state index contributed by atoms with van der Waals surface area (Å²) in [5, 5.41) is 0.508. The summed E-state index contributed by atoms with van der Waals surface area (Å²) < 4.78 is 32.7. The van der Waals surface area contributed by atoms with Crippen molar-refractivity contribution in [2.75, 3.05) is 36.1 Å². The summed E-state index contributed by atoms with van der Waals surface area (Å²) in [5.41, 5.74) is 1.15. The summed E-state index contributed by atoms with van der Waals surface area (Å²) in [6, 6.07) is 5.17. The Morgan fingerprint density at radius 2 is 2.14 bits per heavy atom. The molecule has 1 unspecified atom stereocenters. The molecule has 2 rings (SSSR count). The molecule has 21 heavy (non-hydrogen) atoms. The summed E-state index contributed by atoms with van der Waals surface area (Å²) in [7, 11) is 0.178. The van der Waals surface area contributed by atoms with Gasteiger partial charge < -0.3 is 9.64 Å². The van der Waals surface area contributed by atoms with Crippen molar-refractivity contribution in [3.63, 3.8) is 0 Å². The van der Waals surface area contributed by atoms with Gasteiger partial charge in [0.1, 0.15) is 0 Å². The van der Waals surface area contributed by atoms with E-state index in [1.165, 1.54) is 0 Å². The molecule has 1 aliphatic rings. The number of para-hydroxylation sites is 1. The van der Waals surface area contributed by atoms with E-state index in [1.54, 1.807) is 23.1 Å². The first kappa shape index (κ1) is 16.4. The molecule has 1 saturated heterocycles. The first-order valence-corrected chi connectivity index (χ1v) is 9.00. The number of hydrogen-bond acceptors (Lipinski definition) is 4. The van der Waals surface area contributed by atoms with Gasteiger partial charge in [0, 0.05) is 20.7 Å². The molecule has 1 aromatic rings. The number of sulfonamides is 1. The number of ether oxygens (including phenoxy) is 1. The Morgan fingerprint density at radius 3 is 2.76 bits per heavy atom. The van der Waals surface area contributed by atoms with E-state index in [0.717, 1.165) is 19.3 Å². The Bertz CT molecular complexity index is 584. The fraction of sp³-hybridized carbons (Fsp3) is 0.571. The summed E-state index contributed by atoms with van der Waals surface area (Å²) in [5.74, 6) is -0.0214. The van der Waals surface area contributed by atoms with Crippen LogP contribution in [0.4, 0.5) is 11.4 Å². The van der Waals surface area contributed by atoms with Crippen molar-refractivity contribution >= 4 is 33.0 Å².